The summed E-state index contributed by atoms with van der Waals surface area (Å²) in [6.45, 7) is 3.33. The molecule has 0 amide bonds. The van der Waals surface area contributed by atoms with Gasteiger partial charge in [0, 0.05) is 37.9 Å². The number of nitrogens with zero attached hydrogens (tertiary/aromatic N) is 4. The summed E-state index contributed by atoms with van der Waals surface area (Å²) in [5.41, 5.74) is 3.20. The van der Waals surface area contributed by atoms with Crippen LogP contribution in [-0.2, 0) is 4.74 Å². The van der Waals surface area contributed by atoms with Crippen LogP contribution in [0.3, 0.4) is 0 Å². The minimum Gasteiger partial charge on any atom is -0.383 e. The molecule has 0 saturated carbocycles. The number of nitrogens with one attached hydrogen (secondary N) is 1. The van der Waals surface area contributed by atoms with Crippen LogP contribution in [0.4, 0.5) is 0 Å². The molecule has 2 atom stereocenters. The Balaban J connectivity index is 1.78. The Kier molecular flexibility index (Phi) is 5.36. The Morgan fingerprint density at radius 2 is 2.04 bits per heavy atom. The zero-order chi connectivity index (χ0) is 19.5. The van der Waals surface area contributed by atoms with Gasteiger partial charge in [-0.25, -0.2) is 4.98 Å². The Morgan fingerprint density at radius 1 is 1.14 bits per heavy atom. The Bertz CT molecular complexity index is 941. The second-order valence-electron chi connectivity index (χ2n) is 6.81. The van der Waals surface area contributed by atoms with Crippen molar-refractivity contribution in [3.63, 3.8) is 0 Å². The van der Waals surface area contributed by atoms with Gasteiger partial charge in [0.05, 0.1) is 24.4 Å². The number of aromatic nitrogens is 3. The molecule has 6 nitrogen and oxygen atoms in total. The summed E-state index contributed by atoms with van der Waals surface area (Å²) in [6.07, 6.45) is 5.74. The third kappa shape index (κ3) is 3.50. The van der Waals surface area contributed by atoms with Gasteiger partial charge in [0.1, 0.15) is 5.82 Å². The highest BCUT2D eigenvalue weighted by molar-refractivity contribution is 7.80. The Hall–Kier alpha value is -2.77. The van der Waals surface area contributed by atoms with Gasteiger partial charge >= 0.3 is 0 Å². The van der Waals surface area contributed by atoms with Crippen LogP contribution in [0, 0.1) is 6.92 Å². The van der Waals surface area contributed by atoms with Crippen LogP contribution in [0.2, 0.25) is 0 Å². The van der Waals surface area contributed by atoms with Gasteiger partial charge in [-0.15, -0.1) is 0 Å². The van der Waals surface area contributed by atoms with E-state index in [0.29, 0.717) is 18.3 Å². The number of ether oxygens (including phenoxy) is 1. The third-order valence-electron chi connectivity index (χ3n) is 4.96. The summed E-state index contributed by atoms with van der Waals surface area (Å²) in [6, 6.07) is 14.2. The summed E-state index contributed by atoms with van der Waals surface area (Å²) in [7, 11) is 1.71. The number of hydrogen-bond acceptors (Lipinski definition) is 4. The molecule has 1 aliphatic heterocycles. The minimum absolute atomic E-state index is 0.0179. The molecule has 4 rings (SSSR count). The molecule has 1 fully saturated rings. The summed E-state index contributed by atoms with van der Waals surface area (Å²) < 4.78 is 7.44. The number of methoxy groups -OCH3 is 1. The average molecular weight is 394 g/mol. The van der Waals surface area contributed by atoms with E-state index in [1.165, 1.54) is 0 Å². The topological polar surface area (TPSA) is 55.2 Å². The van der Waals surface area contributed by atoms with Crippen LogP contribution >= 0.6 is 12.2 Å². The molecule has 7 heteroatoms. The summed E-state index contributed by atoms with van der Waals surface area (Å²) in [4.78, 5) is 11.4. The van der Waals surface area contributed by atoms with E-state index in [9.17, 15) is 0 Å². The lowest BCUT2D eigenvalue weighted by Gasteiger charge is -2.28. The lowest BCUT2D eigenvalue weighted by Crippen LogP contribution is -2.33. The van der Waals surface area contributed by atoms with Gasteiger partial charge in [-0.2, -0.15) is 0 Å². The second kappa shape index (κ2) is 8.08. The Morgan fingerprint density at radius 3 is 2.75 bits per heavy atom. The molecule has 3 aromatic heterocycles. The lowest BCUT2D eigenvalue weighted by molar-refractivity contribution is 0.163. The highest BCUT2D eigenvalue weighted by atomic mass is 32.1. The van der Waals surface area contributed by atoms with Crippen LogP contribution < -0.4 is 5.32 Å². The molecule has 1 aliphatic rings. The normalized spacial score (nSPS) is 19.1. The van der Waals surface area contributed by atoms with Crippen molar-refractivity contribution in [1.29, 1.82) is 0 Å². The molecule has 144 valence electrons. The summed E-state index contributed by atoms with van der Waals surface area (Å²) in [5, 5.41) is 4.17. The molecule has 0 bridgehead atoms. The van der Waals surface area contributed by atoms with E-state index in [2.05, 4.69) is 36.9 Å². The fourth-order valence-corrected chi connectivity index (χ4v) is 3.94. The number of thiocarbonyl (C=S) groups is 1. The van der Waals surface area contributed by atoms with Gasteiger partial charge in [0.2, 0.25) is 0 Å². The molecule has 1 saturated heterocycles. The number of rotatable bonds is 6. The van der Waals surface area contributed by atoms with E-state index < -0.39 is 0 Å². The zero-order valence-electron chi connectivity index (χ0n) is 15.9. The highest BCUT2D eigenvalue weighted by Gasteiger charge is 2.41. The van der Waals surface area contributed by atoms with Gasteiger partial charge in [-0.1, -0.05) is 12.1 Å². The molecule has 0 aliphatic carbocycles. The van der Waals surface area contributed by atoms with E-state index in [1.807, 2.05) is 55.8 Å². The van der Waals surface area contributed by atoms with Crippen molar-refractivity contribution in [3.05, 3.63) is 78.0 Å². The molecule has 0 aromatic carbocycles. The molecule has 1 N–H and O–H groups in total. The molecule has 28 heavy (non-hydrogen) atoms. The van der Waals surface area contributed by atoms with Crippen LogP contribution in [-0.4, -0.2) is 44.8 Å². The molecule has 3 aromatic rings. The van der Waals surface area contributed by atoms with Gasteiger partial charge in [-0.05, 0) is 55.0 Å². The average Bonchev–Trinajstić information content (AvgIpc) is 3.32. The quantitative estimate of drug-likeness (QED) is 0.649. The number of pyridine rings is 2. The van der Waals surface area contributed by atoms with Gasteiger partial charge in [0.25, 0.3) is 0 Å². The molecule has 0 spiro atoms. The first-order valence-corrected chi connectivity index (χ1v) is 9.67. The van der Waals surface area contributed by atoms with Crippen LogP contribution in [0.15, 0.2) is 61.1 Å². The lowest BCUT2D eigenvalue weighted by atomic mass is 10.0. The predicted octanol–water partition coefficient (Wildman–Crippen LogP) is 3.19. The SMILES string of the molecule is COCCN1C(=S)NC(c2ccccn2)C1c1cccn1-c1ccc(C)cn1. The van der Waals surface area contributed by atoms with Gasteiger partial charge < -0.3 is 19.5 Å². The first kappa shape index (κ1) is 18.6. The molecule has 2 unspecified atom stereocenters. The Labute approximate surface area is 170 Å². The van der Waals surface area contributed by atoms with Crippen LogP contribution in [0.25, 0.3) is 5.82 Å². The van der Waals surface area contributed by atoms with Crippen molar-refractivity contribution < 1.29 is 4.74 Å². The third-order valence-corrected chi connectivity index (χ3v) is 5.31. The molecule has 4 heterocycles. The van der Waals surface area contributed by atoms with E-state index in [4.69, 9.17) is 17.0 Å². The zero-order valence-corrected chi connectivity index (χ0v) is 16.8. The van der Waals surface area contributed by atoms with E-state index in [-0.39, 0.29) is 12.1 Å². The largest absolute Gasteiger partial charge is 0.383 e. The summed E-state index contributed by atoms with van der Waals surface area (Å²) >= 11 is 5.67. The van der Waals surface area contributed by atoms with E-state index >= 15 is 0 Å². The molecule has 0 radical (unpaired) electrons. The number of hydrogen-bond donors (Lipinski definition) is 1. The predicted molar refractivity (Wildman–Crippen MR) is 112 cm³/mol. The van der Waals surface area contributed by atoms with Crippen molar-refractivity contribution in [1.82, 2.24) is 24.8 Å². The van der Waals surface area contributed by atoms with Crippen molar-refractivity contribution in [3.8, 4) is 5.82 Å². The van der Waals surface area contributed by atoms with Gasteiger partial charge in [0.15, 0.2) is 5.11 Å². The maximum absolute atomic E-state index is 5.67. The van der Waals surface area contributed by atoms with Crippen molar-refractivity contribution >= 4 is 17.3 Å². The molecular weight excluding hydrogens is 370 g/mol. The standard InChI is InChI=1S/C21H23N5OS/c1-15-8-9-18(23-14-15)25-11-5-7-17(25)20-19(16-6-3-4-10-22-16)24-21(28)26(20)12-13-27-2/h3-11,14,19-20H,12-13H2,1-2H3,(H,24,28). The maximum atomic E-state index is 5.67. The maximum Gasteiger partial charge on any atom is 0.170 e. The first-order valence-electron chi connectivity index (χ1n) is 9.26. The fourth-order valence-electron chi connectivity index (χ4n) is 3.60. The number of aryl methyl sites for hydroxylation is 1. The van der Waals surface area contributed by atoms with Crippen molar-refractivity contribution in [2.24, 2.45) is 0 Å². The van der Waals surface area contributed by atoms with E-state index in [1.54, 1.807) is 7.11 Å². The van der Waals surface area contributed by atoms with Crippen LogP contribution in [0.1, 0.15) is 29.0 Å². The first-order chi connectivity index (χ1) is 13.7. The van der Waals surface area contributed by atoms with Crippen LogP contribution in [0.5, 0.6) is 0 Å². The van der Waals surface area contributed by atoms with Crippen molar-refractivity contribution in [2.75, 3.05) is 20.3 Å². The second-order valence-corrected chi connectivity index (χ2v) is 7.20. The summed E-state index contributed by atoms with van der Waals surface area (Å²) in [5.74, 6) is 0.884. The van der Waals surface area contributed by atoms with Crippen molar-refractivity contribution in [2.45, 2.75) is 19.0 Å². The fraction of sp³-hybridized carbons (Fsp3) is 0.286. The minimum atomic E-state index is -0.0512. The van der Waals surface area contributed by atoms with Gasteiger partial charge in [-0.3, -0.25) is 4.98 Å². The highest BCUT2D eigenvalue weighted by Crippen LogP contribution is 2.39. The van der Waals surface area contributed by atoms with E-state index in [0.717, 1.165) is 22.8 Å². The molecular formula is C21H23N5OS. The smallest absolute Gasteiger partial charge is 0.170 e. The monoisotopic (exact) mass is 393 g/mol.